The second-order valence-corrected chi connectivity index (χ2v) is 6.50. The zero-order chi connectivity index (χ0) is 14.7. The summed E-state index contributed by atoms with van der Waals surface area (Å²) < 4.78 is 0. The van der Waals surface area contributed by atoms with E-state index in [-0.39, 0.29) is 12.0 Å². The molecule has 0 aromatic heterocycles. The fourth-order valence-electron chi connectivity index (χ4n) is 3.70. The van der Waals surface area contributed by atoms with Crippen molar-refractivity contribution in [1.29, 1.82) is 0 Å². The summed E-state index contributed by atoms with van der Waals surface area (Å²) in [5.74, 6) is 0.559. The number of aryl methyl sites for hydroxylation is 1. The number of nitrogens with one attached hydrogen (secondary N) is 1. The van der Waals surface area contributed by atoms with Gasteiger partial charge in [0.1, 0.15) is 0 Å². The van der Waals surface area contributed by atoms with E-state index >= 15 is 0 Å². The number of hydrogen-bond acceptors (Lipinski definition) is 2. The molecule has 0 saturated carbocycles. The Morgan fingerprint density at radius 1 is 1.24 bits per heavy atom. The number of rotatable bonds is 2. The highest BCUT2D eigenvalue weighted by Crippen LogP contribution is 2.32. The molecule has 2 saturated heterocycles. The molecule has 0 aliphatic carbocycles. The predicted octanol–water partition coefficient (Wildman–Crippen LogP) is 3.05. The highest BCUT2D eigenvalue weighted by molar-refractivity contribution is 5.80. The van der Waals surface area contributed by atoms with Gasteiger partial charge in [-0.05, 0) is 38.3 Å². The molecule has 2 atom stereocenters. The molecule has 1 aromatic carbocycles. The van der Waals surface area contributed by atoms with Crippen molar-refractivity contribution in [1.82, 2.24) is 10.2 Å². The standard InChI is InChI=1S/C18H26N2O/c1-14-6-5-7-15(12-14)17-8-3-2-4-11-20(17)18(21)16-9-10-19-13-16/h5-7,12,16-17,19H,2-4,8-11,13H2,1H3. The molecule has 0 spiro atoms. The van der Waals surface area contributed by atoms with Crippen LogP contribution in [0.5, 0.6) is 0 Å². The first-order valence-corrected chi connectivity index (χ1v) is 8.33. The van der Waals surface area contributed by atoms with Crippen LogP contribution in [0.1, 0.15) is 49.3 Å². The summed E-state index contributed by atoms with van der Waals surface area (Å²) in [5, 5.41) is 3.32. The van der Waals surface area contributed by atoms with Gasteiger partial charge in [-0.15, -0.1) is 0 Å². The Morgan fingerprint density at radius 3 is 2.90 bits per heavy atom. The molecular formula is C18H26N2O. The lowest BCUT2D eigenvalue weighted by atomic mass is 9.97. The molecule has 2 unspecified atom stereocenters. The summed E-state index contributed by atoms with van der Waals surface area (Å²) >= 11 is 0. The lowest BCUT2D eigenvalue weighted by Crippen LogP contribution is -2.39. The SMILES string of the molecule is Cc1cccc(C2CCCCCN2C(=O)C2CCNC2)c1. The van der Waals surface area contributed by atoms with Crippen molar-refractivity contribution < 1.29 is 4.79 Å². The van der Waals surface area contributed by atoms with Gasteiger partial charge in [-0.1, -0.05) is 42.7 Å². The van der Waals surface area contributed by atoms with Crippen molar-refractivity contribution in [2.75, 3.05) is 19.6 Å². The summed E-state index contributed by atoms with van der Waals surface area (Å²) in [6, 6.07) is 8.97. The highest BCUT2D eigenvalue weighted by Gasteiger charge is 2.32. The van der Waals surface area contributed by atoms with E-state index in [0.29, 0.717) is 5.91 Å². The fraction of sp³-hybridized carbons (Fsp3) is 0.611. The first-order chi connectivity index (χ1) is 10.3. The molecule has 2 aliphatic heterocycles. The van der Waals surface area contributed by atoms with Crippen LogP contribution in [0.2, 0.25) is 0 Å². The van der Waals surface area contributed by atoms with Gasteiger partial charge < -0.3 is 10.2 Å². The van der Waals surface area contributed by atoms with Crippen LogP contribution in [0, 0.1) is 12.8 Å². The molecule has 0 bridgehead atoms. The van der Waals surface area contributed by atoms with Crippen LogP contribution in [0.15, 0.2) is 24.3 Å². The minimum absolute atomic E-state index is 0.190. The molecule has 1 N–H and O–H groups in total. The topological polar surface area (TPSA) is 32.3 Å². The van der Waals surface area contributed by atoms with Crippen molar-refractivity contribution >= 4 is 5.91 Å². The van der Waals surface area contributed by atoms with Gasteiger partial charge in [0.15, 0.2) is 0 Å². The van der Waals surface area contributed by atoms with Crippen LogP contribution in [-0.4, -0.2) is 30.4 Å². The zero-order valence-corrected chi connectivity index (χ0v) is 13.0. The van der Waals surface area contributed by atoms with Gasteiger partial charge in [-0.3, -0.25) is 4.79 Å². The van der Waals surface area contributed by atoms with Crippen LogP contribution in [0.3, 0.4) is 0 Å². The van der Waals surface area contributed by atoms with Gasteiger partial charge in [0.05, 0.1) is 12.0 Å². The Bertz CT molecular complexity index is 494. The van der Waals surface area contributed by atoms with Gasteiger partial charge in [0.25, 0.3) is 0 Å². The van der Waals surface area contributed by atoms with E-state index in [1.165, 1.54) is 24.0 Å². The number of likely N-dealkylation sites (tertiary alicyclic amines) is 1. The smallest absolute Gasteiger partial charge is 0.227 e. The third kappa shape index (κ3) is 3.29. The van der Waals surface area contributed by atoms with Crippen LogP contribution in [-0.2, 0) is 4.79 Å². The summed E-state index contributed by atoms with van der Waals surface area (Å²) in [6.07, 6.45) is 5.72. The maximum atomic E-state index is 12.9. The number of nitrogens with zero attached hydrogens (tertiary/aromatic N) is 1. The average Bonchev–Trinajstić information content (AvgIpc) is 2.91. The van der Waals surface area contributed by atoms with E-state index in [1.54, 1.807) is 0 Å². The number of amides is 1. The molecule has 21 heavy (non-hydrogen) atoms. The summed E-state index contributed by atoms with van der Waals surface area (Å²) in [6.45, 7) is 4.90. The fourth-order valence-corrected chi connectivity index (χ4v) is 3.70. The maximum Gasteiger partial charge on any atom is 0.227 e. The molecule has 3 heteroatoms. The Kier molecular flexibility index (Phi) is 4.59. The monoisotopic (exact) mass is 286 g/mol. The molecule has 2 aliphatic rings. The molecule has 2 heterocycles. The first kappa shape index (κ1) is 14.6. The van der Waals surface area contributed by atoms with Crippen molar-refractivity contribution in [3.63, 3.8) is 0 Å². The van der Waals surface area contributed by atoms with E-state index in [1.807, 2.05) is 0 Å². The number of hydrogen-bond donors (Lipinski definition) is 1. The second kappa shape index (κ2) is 6.61. The Labute approximate surface area is 127 Å². The number of carbonyl (C=O) groups excluding carboxylic acids is 1. The van der Waals surface area contributed by atoms with Crippen molar-refractivity contribution in [2.24, 2.45) is 5.92 Å². The summed E-state index contributed by atoms with van der Waals surface area (Å²) in [7, 11) is 0. The largest absolute Gasteiger partial charge is 0.335 e. The van der Waals surface area contributed by atoms with Crippen LogP contribution < -0.4 is 5.32 Å². The van der Waals surface area contributed by atoms with Gasteiger partial charge in [0, 0.05) is 13.1 Å². The van der Waals surface area contributed by atoms with Gasteiger partial charge in [-0.2, -0.15) is 0 Å². The molecule has 1 amide bonds. The van der Waals surface area contributed by atoms with Gasteiger partial charge in [-0.25, -0.2) is 0 Å². The van der Waals surface area contributed by atoms with Crippen LogP contribution in [0.25, 0.3) is 0 Å². The van der Waals surface area contributed by atoms with Gasteiger partial charge >= 0.3 is 0 Å². The third-order valence-electron chi connectivity index (χ3n) is 4.87. The quantitative estimate of drug-likeness (QED) is 0.906. The van der Waals surface area contributed by atoms with E-state index in [0.717, 1.165) is 38.9 Å². The zero-order valence-electron chi connectivity index (χ0n) is 13.0. The lowest BCUT2D eigenvalue weighted by molar-refractivity contribution is -0.137. The maximum absolute atomic E-state index is 12.9. The summed E-state index contributed by atoms with van der Waals surface area (Å²) in [4.78, 5) is 15.1. The molecule has 114 valence electrons. The third-order valence-corrected chi connectivity index (χ3v) is 4.87. The minimum Gasteiger partial charge on any atom is -0.335 e. The van der Waals surface area contributed by atoms with Crippen molar-refractivity contribution in [3.05, 3.63) is 35.4 Å². The Hall–Kier alpha value is -1.35. The van der Waals surface area contributed by atoms with E-state index in [2.05, 4.69) is 41.4 Å². The van der Waals surface area contributed by atoms with Crippen molar-refractivity contribution in [2.45, 2.75) is 45.1 Å². The normalized spacial score (nSPS) is 26.6. The van der Waals surface area contributed by atoms with Gasteiger partial charge in [0.2, 0.25) is 5.91 Å². The second-order valence-electron chi connectivity index (χ2n) is 6.50. The van der Waals surface area contributed by atoms with E-state index < -0.39 is 0 Å². The predicted molar refractivity (Wildman–Crippen MR) is 85.1 cm³/mol. The average molecular weight is 286 g/mol. The lowest BCUT2D eigenvalue weighted by Gasteiger charge is -2.32. The molecular weight excluding hydrogens is 260 g/mol. The minimum atomic E-state index is 0.190. The highest BCUT2D eigenvalue weighted by atomic mass is 16.2. The molecule has 2 fully saturated rings. The van der Waals surface area contributed by atoms with Crippen molar-refractivity contribution in [3.8, 4) is 0 Å². The molecule has 3 nitrogen and oxygen atoms in total. The van der Waals surface area contributed by atoms with Crippen LogP contribution in [0.4, 0.5) is 0 Å². The molecule has 0 radical (unpaired) electrons. The van der Waals surface area contributed by atoms with E-state index in [4.69, 9.17) is 0 Å². The summed E-state index contributed by atoms with van der Waals surface area (Å²) in [5.41, 5.74) is 2.60. The van der Waals surface area contributed by atoms with Crippen LogP contribution >= 0.6 is 0 Å². The molecule has 1 aromatic rings. The molecule has 3 rings (SSSR count). The Morgan fingerprint density at radius 2 is 2.14 bits per heavy atom. The number of benzene rings is 1. The first-order valence-electron chi connectivity index (χ1n) is 8.33. The van der Waals surface area contributed by atoms with E-state index in [9.17, 15) is 4.79 Å². The number of carbonyl (C=O) groups is 1. The Balaban J connectivity index is 1.84.